The van der Waals surface area contributed by atoms with Gasteiger partial charge in [0.25, 0.3) is 11.8 Å². The molecule has 2 aliphatic heterocycles. The van der Waals surface area contributed by atoms with Gasteiger partial charge in [-0.1, -0.05) is 6.07 Å². The van der Waals surface area contributed by atoms with Crippen molar-refractivity contribution in [3.05, 3.63) is 29.3 Å². The second-order valence-corrected chi connectivity index (χ2v) is 8.40. The van der Waals surface area contributed by atoms with Gasteiger partial charge in [-0.15, -0.1) is 0 Å². The molecule has 1 saturated heterocycles. The van der Waals surface area contributed by atoms with Gasteiger partial charge in [-0.3, -0.25) is 34.2 Å². The lowest BCUT2D eigenvalue weighted by Gasteiger charge is -2.27. The first kappa shape index (κ1) is 22.9. The van der Waals surface area contributed by atoms with Gasteiger partial charge >= 0.3 is 6.09 Å². The van der Waals surface area contributed by atoms with Gasteiger partial charge in [-0.05, 0) is 39.3 Å². The lowest BCUT2D eigenvalue weighted by atomic mass is 10.0. The maximum atomic E-state index is 13.0. The zero-order valence-corrected chi connectivity index (χ0v) is 17.9. The molecule has 2 heterocycles. The van der Waals surface area contributed by atoms with E-state index in [1.807, 2.05) is 0 Å². The number of amides is 6. The van der Waals surface area contributed by atoms with Crippen molar-refractivity contribution in [2.45, 2.75) is 51.7 Å². The quantitative estimate of drug-likeness (QED) is 0.572. The zero-order chi connectivity index (χ0) is 23.6. The fourth-order valence-electron chi connectivity index (χ4n) is 3.42. The molecule has 170 valence electrons. The van der Waals surface area contributed by atoms with Gasteiger partial charge in [0.05, 0.1) is 16.8 Å². The van der Waals surface area contributed by atoms with Crippen molar-refractivity contribution in [2.75, 3.05) is 11.9 Å². The highest BCUT2D eigenvalue weighted by Crippen LogP contribution is 2.32. The Bertz CT molecular complexity index is 1010. The maximum absolute atomic E-state index is 13.0. The van der Waals surface area contributed by atoms with E-state index in [0.29, 0.717) is 0 Å². The van der Waals surface area contributed by atoms with Gasteiger partial charge in [0.2, 0.25) is 17.7 Å². The number of nitrogens with zero attached hydrogens (tertiary/aromatic N) is 1. The van der Waals surface area contributed by atoms with Crippen LogP contribution in [0.15, 0.2) is 18.2 Å². The summed E-state index contributed by atoms with van der Waals surface area (Å²) in [5.74, 6) is -3.05. The molecule has 1 unspecified atom stereocenters. The number of piperidine rings is 1. The summed E-state index contributed by atoms with van der Waals surface area (Å²) in [4.78, 5) is 74.1. The van der Waals surface area contributed by atoms with Crippen molar-refractivity contribution < 1.29 is 33.5 Å². The van der Waals surface area contributed by atoms with E-state index in [1.165, 1.54) is 18.2 Å². The van der Waals surface area contributed by atoms with E-state index >= 15 is 0 Å². The van der Waals surface area contributed by atoms with Crippen molar-refractivity contribution in [1.82, 2.24) is 15.5 Å². The molecular weight excluding hydrogens is 420 g/mol. The predicted octanol–water partition coefficient (Wildman–Crippen LogP) is 0.941. The summed E-state index contributed by atoms with van der Waals surface area (Å²) >= 11 is 0. The largest absolute Gasteiger partial charge is 0.444 e. The molecule has 3 N–H and O–H groups in total. The average molecular weight is 444 g/mol. The Morgan fingerprint density at radius 2 is 1.88 bits per heavy atom. The monoisotopic (exact) mass is 444 g/mol. The summed E-state index contributed by atoms with van der Waals surface area (Å²) in [6.07, 6.45) is -0.708. The summed E-state index contributed by atoms with van der Waals surface area (Å²) in [7, 11) is 0. The molecule has 0 bridgehead atoms. The van der Waals surface area contributed by atoms with Crippen LogP contribution in [0.5, 0.6) is 0 Å². The molecule has 1 atom stereocenters. The number of hydrogen-bond acceptors (Lipinski definition) is 7. The van der Waals surface area contributed by atoms with Gasteiger partial charge in [0, 0.05) is 19.4 Å². The second-order valence-electron chi connectivity index (χ2n) is 8.40. The third-order valence-corrected chi connectivity index (χ3v) is 4.76. The molecule has 0 aliphatic carbocycles. The average Bonchev–Trinajstić information content (AvgIpc) is 2.92. The van der Waals surface area contributed by atoms with Crippen LogP contribution in [-0.4, -0.2) is 58.7 Å². The van der Waals surface area contributed by atoms with Crippen LogP contribution >= 0.6 is 0 Å². The van der Waals surface area contributed by atoms with Crippen LogP contribution in [0.25, 0.3) is 0 Å². The highest BCUT2D eigenvalue weighted by molar-refractivity contribution is 6.26. The number of carbonyl (C=O) groups is 6. The van der Waals surface area contributed by atoms with Gasteiger partial charge in [0.15, 0.2) is 0 Å². The van der Waals surface area contributed by atoms with Crippen LogP contribution in [0.4, 0.5) is 10.5 Å². The van der Waals surface area contributed by atoms with Crippen LogP contribution in [0, 0.1) is 0 Å². The first-order chi connectivity index (χ1) is 15.0. The minimum absolute atomic E-state index is 0.00501. The smallest absolute Gasteiger partial charge is 0.407 e. The second kappa shape index (κ2) is 8.77. The van der Waals surface area contributed by atoms with Crippen molar-refractivity contribution in [1.29, 1.82) is 0 Å². The Kier molecular flexibility index (Phi) is 6.28. The number of fused-ring (bicyclic) bond motifs is 1. The number of rotatable bonds is 5. The number of hydrogen-bond donors (Lipinski definition) is 3. The summed E-state index contributed by atoms with van der Waals surface area (Å²) < 4.78 is 5.09. The van der Waals surface area contributed by atoms with Crippen LogP contribution < -0.4 is 16.0 Å². The van der Waals surface area contributed by atoms with Crippen molar-refractivity contribution in [3.8, 4) is 0 Å². The molecule has 1 aromatic carbocycles. The first-order valence-electron chi connectivity index (χ1n) is 10.1. The number of carbonyl (C=O) groups excluding carboxylic acids is 6. The molecule has 0 aromatic heterocycles. The topological polar surface area (TPSA) is 151 Å². The number of imide groups is 2. The van der Waals surface area contributed by atoms with E-state index in [1.54, 1.807) is 20.8 Å². The fourth-order valence-corrected chi connectivity index (χ4v) is 3.42. The van der Waals surface area contributed by atoms with Crippen LogP contribution in [0.2, 0.25) is 0 Å². The van der Waals surface area contributed by atoms with Gasteiger partial charge < -0.3 is 15.4 Å². The molecule has 32 heavy (non-hydrogen) atoms. The molecule has 11 nitrogen and oxygen atoms in total. The molecule has 2 aliphatic rings. The molecule has 1 fully saturated rings. The summed E-state index contributed by atoms with van der Waals surface area (Å²) in [5, 5.41) is 7.16. The zero-order valence-electron chi connectivity index (χ0n) is 17.9. The molecule has 0 saturated carbocycles. The predicted molar refractivity (Wildman–Crippen MR) is 111 cm³/mol. The van der Waals surface area contributed by atoms with E-state index in [2.05, 4.69) is 16.0 Å². The van der Waals surface area contributed by atoms with Crippen LogP contribution in [0.3, 0.4) is 0 Å². The SMILES string of the molecule is CC(C)(C)OC(=O)NCCC(=O)Nc1cccc2c1C(=O)N(C1CCC(=O)NC1=O)C2=O. The van der Waals surface area contributed by atoms with Gasteiger partial charge in [-0.2, -0.15) is 0 Å². The fraction of sp³-hybridized carbons (Fsp3) is 0.429. The van der Waals surface area contributed by atoms with Crippen LogP contribution in [-0.2, 0) is 19.1 Å². The summed E-state index contributed by atoms with van der Waals surface area (Å²) in [6.45, 7) is 5.15. The Morgan fingerprint density at radius 3 is 2.53 bits per heavy atom. The van der Waals surface area contributed by atoms with E-state index in [9.17, 15) is 28.8 Å². The lowest BCUT2D eigenvalue weighted by Crippen LogP contribution is -2.54. The van der Waals surface area contributed by atoms with Crippen molar-refractivity contribution in [2.24, 2.45) is 0 Å². The van der Waals surface area contributed by atoms with Gasteiger partial charge in [-0.25, -0.2) is 4.79 Å². The normalized spacial score (nSPS) is 18.2. The van der Waals surface area contributed by atoms with E-state index in [-0.39, 0.29) is 42.6 Å². The maximum Gasteiger partial charge on any atom is 0.407 e. The lowest BCUT2D eigenvalue weighted by molar-refractivity contribution is -0.136. The number of ether oxygens (including phenoxy) is 1. The number of benzene rings is 1. The molecule has 3 rings (SSSR count). The van der Waals surface area contributed by atoms with E-state index < -0.39 is 47.3 Å². The third-order valence-electron chi connectivity index (χ3n) is 4.76. The molecular formula is C21H24N4O7. The molecule has 11 heteroatoms. The molecule has 0 radical (unpaired) electrons. The Hall–Kier alpha value is -3.76. The summed E-state index contributed by atoms with van der Waals surface area (Å²) in [6, 6.07) is 3.31. The standard InChI is InChI=1S/C21H24N4O7/c1-21(2,3)32-20(31)22-10-9-15(27)23-12-6-4-5-11-16(12)19(30)25(18(11)29)13-7-8-14(26)24-17(13)28/h4-6,13H,7-10H2,1-3H3,(H,22,31)(H,23,27)(H,24,26,28). The van der Waals surface area contributed by atoms with E-state index in [0.717, 1.165) is 4.90 Å². The number of anilines is 1. The van der Waals surface area contributed by atoms with Crippen molar-refractivity contribution in [3.63, 3.8) is 0 Å². The van der Waals surface area contributed by atoms with E-state index in [4.69, 9.17) is 4.74 Å². The van der Waals surface area contributed by atoms with Crippen LogP contribution in [0.1, 0.15) is 60.7 Å². The minimum atomic E-state index is -1.10. The number of alkyl carbamates (subject to hydrolysis) is 1. The molecule has 0 spiro atoms. The highest BCUT2D eigenvalue weighted by atomic mass is 16.6. The molecule has 1 aromatic rings. The first-order valence-corrected chi connectivity index (χ1v) is 10.1. The Balaban J connectivity index is 1.67. The summed E-state index contributed by atoms with van der Waals surface area (Å²) in [5.41, 5.74) is -0.504. The highest BCUT2D eigenvalue weighted by Gasteiger charge is 2.45. The van der Waals surface area contributed by atoms with Gasteiger partial charge in [0.1, 0.15) is 11.6 Å². The Labute approximate surface area is 183 Å². The molecule has 6 amide bonds. The Morgan fingerprint density at radius 1 is 1.16 bits per heavy atom. The minimum Gasteiger partial charge on any atom is -0.444 e. The number of nitrogens with one attached hydrogen (secondary N) is 3. The third kappa shape index (κ3) is 4.93. The van der Waals surface area contributed by atoms with Crippen molar-refractivity contribution >= 4 is 41.3 Å².